The Morgan fingerprint density at radius 2 is 1.11 bits per heavy atom. The predicted molar refractivity (Wildman–Crippen MR) is 124 cm³/mol. The second kappa shape index (κ2) is 18.5. The molecule has 0 aromatic heterocycles. The van der Waals surface area contributed by atoms with Gasteiger partial charge in [-0.2, -0.15) is 5.26 Å². The first-order chi connectivity index (χ1) is 13.8. The Labute approximate surface area is 178 Å². The molecule has 0 aromatic rings. The van der Waals surface area contributed by atoms with Gasteiger partial charge < -0.3 is 0 Å². The lowest BCUT2D eigenvalue weighted by atomic mass is 9.78. The molecule has 2 atom stereocenters. The molecule has 1 saturated carbocycles. The van der Waals surface area contributed by atoms with Crippen LogP contribution < -0.4 is 0 Å². The van der Waals surface area contributed by atoms with Crippen LogP contribution >= 0.6 is 0 Å². The summed E-state index contributed by atoms with van der Waals surface area (Å²) in [6.07, 6.45) is 29.2. The third-order valence-electron chi connectivity index (χ3n) is 7.21. The van der Waals surface area contributed by atoms with E-state index in [2.05, 4.69) is 19.9 Å². The number of hydrogen-bond acceptors (Lipinski definition) is 1. The van der Waals surface area contributed by atoms with E-state index in [1.54, 1.807) is 0 Å². The first-order valence-corrected chi connectivity index (χ1v) is 13.2. The molecule has 0 aromatic carbocycles. The highest BCUT2D eigenvalue weighted by atomic mass is 14.3. The summed E-state index contributed by atoms with van der Waals surface area (Å²) in [5.74, 6) is 2.29. The zero-order chi connectivity index (χ0) is 20.3. The van der Waals surface area contributed by atoms with Crippen molar-refractivity contribution in [3.63, 3.8) is 0 Å². The first kappa shape index (κ1) is 25.5. The fourth-order valence-electron chi connectivity index (χ4n) is 5.30. The molecular weight excluding hydrogens is 338 g/mol. The van der Waals surface area contributed by atoms with Gasteiger partial charge in [-0.15, -0.1) is 0 Å². The minimum atomic E-state index is 0.337. The smallest absolute Gasteiger partial charge is 0.0655 e. The zero-order valence-electron chi connectivity index (χ0n) is 19.5. The minimum Gasteiger partial charge on any atom is -0.198 e. The highest BCUT2D eigenvalue weighted by Crippen LogP contribution is 2.34. The fourth-order valence-corrected chi connectivity index (χ4v) is 5.30. The Morgan fingerprint density at radius 1 is 0.643 bits per heavy atom. The number of nitriles is 1. The van der Waals surface area contributed by atoms with Gasteiger partial charge in [-0.1, -0.05) is 136 Å². The Morgan fingerprint density at radius 3 is 1.64 bits per heavy atom. The number of unbranched alkanes of at least 4 members (excludes halogenated alkanes) is 8. The molecule has 0 amide bonds. The molecule has 0 spiro atoms. The minimum absolute atomic E-state index is 0.337. The van der Waals surface area contributed by atoms with Crippen molar-refractivity contribution in [2.75, 3.05) is 0 Å². The van der Waals surface area contributed by atoms with Crippen molar-refractivity contribution in [3.05, 3.63) is 0 Å². The van der Waals surface area contributed by atoms with Gasteiger partial charge in [-0.25, -0.2) is 0 Å². The molecule has 0 saturated heterocycles. The molecule has 1 fully saturated rings. The average molecular weight is 390 g/mol. The van der Waals surface area contributed by atoms with E-state index in [9.17, 15) is 5.26 Å². The molecule has 0 aliphatic heterocycles. The third-order valence-corrected chi connectivity index (χ3v) is 7.21. The van der Waals surface area contributed by atoms with Crippen LogP contribution in [0.5, 0.6) is 0 Å². The molecule has 1 heteroatoms. The summed E-state index contributed by atoms with van der Waals surface area (Å²) in [5.41, 5.74) is 0. The van der Waals surface area contributed by atoms with Gasteiger partial charge in [0.2, 0.25) is 0 Å². The molecule has 1 aliphatic carbocycles. The van der Waals surface area contributed by atoms with Crippen molar-refractivity contribution in [2.24, 2.45) is 17.8 Å². The number of nitrogens with zero attached hydrogens (tertiary/aromatic N) is 1. The SMILES string of the molecule is CCCCCCCC(CCCCCCC)C1CCCCCC(C#N)CCCC1. The van der Waals surface area contributed by atoms with Crippen LogP contribution in [0.2, 0.25) is 0 Å². The molecule has 0 heterocycles. The Bertz CT molecular complexity index is 355. The van der Waals surface area contributed by atoms with Gasteiger partial charge in [0.1, 0.15) is 0 Å². The van der Waals surface area contributed by atoms with Crippen molar-refractivity contribution in [1.82, 2.24) is 0 Å². The lowest BCUT2D eigenvalue weighted by molar-refractivity contribution is 0.238. The second-order valence-electron chi connectivity index (χ2n) is 9.67. The van der Waals surface area contributed by atoms with E-state index in [-0.39, 0.29) is 0 Å². The van der Waals surface area contributed by atoms with E-state index in [1.165, 1.54) is 122 Å². The standard InChI is InChI=1S/C27H51N/c1-3-5-7-9-13-20-26(21-14-10-8-6-4-2)27-22-15-11-12-18-25(24-28)19-16-17-23-27/h25-27H,3-23H2,1-2H3. The van der Waals surface area contributed by atoms with Crippen LogP contribution in [0.15, 0.2) is 0 Å². The summed E-state index contributed by atoms with van der Waals surface area (Å²) in [6.45, 7) is 4.64. The highest BCUT2D eigenvalue weighted by Gasteiger charge is 2.21. The van der Waals surface area contributed by atoms with Gasteiger partial charge >= 0.3 is 0 Å². The van der Waals surface area contributed by atoms with Gasteiger partial charge in [0.05, 0.1) is 6.07 Å². The molecule has 1 aliphatic rings. The van der Waals surface area contributed by atoms with Crippen LogP contribution in [-0.2, 0) is 0 Å². The molecule has 164 valence electrons. The zero-order valence-corrected chi connectivity index (χ0v) is 19.5. The monoisotopic (exact) mass is 389 g/mol. The summed E-state index contributed by atoms with van der Waals surface area (Å²) < 4.78 is 0. The van der Waals surface area contributed by atoms with Gasteiger partial charge in [0.15, 0.2) is 0 Å². The van der Waals surface area contributed by atoms with Crippen LogP contribution in [0.25, 0.3) is 0 Å². The number of rotatable bonds is 13. The summed E-state index contributed by atoms with van der Waals surface area (Å²) >= 11 is 0. The van der Waals surface area contributed by atoms with Crippen molar-refractivity contribution >= 4 is 0 Å². The lowest BCUT2D eigenvalue weighted by Crippen LogP contribution is -2.16. The molecule has 2 unspecified atom stereocenters. The normalized spacial score (nSPS) is 21.9. The van der Waals surface area contributed by atoms with Crippen molar-refractivity contribution in [1.29, 1.82) is 5.26 Å². The van der Waals surface area contributed by atoms with E-state index in [4.69, 9.17) is 0 Å². The Hall–Kier alpha value is -0.510. The maximum atomic E-state index is 9.35. The van der Waals surface area contributed by atoms with Gasteiger partial charge in [0.25, 0.3) is 0 Å². The van der Waals surface area contributed by atoms with Crippen LogP contribution in [0, 0.1) is 29.1 Å². The second-order valence-corrected chi connectivity index (χ2v) is 9.67. The largest absolute Gasteiger partial charge is 0.198 e. The van der Waals surface area contributed by atoms with Crippen molar-refractivity contribution in [3.8, 4) is 6.07 Å². The van der Waals surface area contributed by atoms with E-state index < -0.39 is 0 Å². The molecule has 0 N–H and O–H groups in total. The Kier molecular flexibility index (Phi) is 16.9. The molecule has 0 radical (unpaired) electrons. The maximum absolute atomic E-state index is 9.35. The molecule has 0 bridgehead atoms. The van der Waals surface area contributed by atoms with Crippen LogP contribution in [0.3, 0.4) is 0 Å². The molecular formula is C27H51N. The topological polar surface area (TPSA) is 23.8 Å². The van der Waals surface area contributed by atoms with Crippen LogP contribution in [-0.4, -0.2) is 0 Å². The van der Waals surface area contributed by atoms with E-state index in [0.717, 1.165) is 24.7 Å². The average Bonchev–Trinajstić information content (AvgIpc) is 2.76. The molecule has 1 rings (SSSR count). The summed E-state index contributed by atoms with van der Waals surface area (Å²) in [6, 6.07) is 2.56. The van der Waals surface area contributed by atoms with Gasteiger partial charge in [-0.05, 0) is 24.7 Å². The fraction of sp³-hybridized carbons (Fsp3) is 0.963. The first-order valence-electron chi connectivity index (χ1n) is 13.2. The maximum Gasteiger partial charge on any atom is 0.0655 e. The molecule has 28 heavy (non-hydrogen) atoms. The number of hydrogen-bond donors (Lipinski definition) is 0. The highest BCUT2D eigenvalue weighted by molar-refractivity contribution is 4.83. The molecule has 1 nitrogen and oxygen atoms in total. The van der Waals surface area contributed by atoms with E-state index in [0.29, 0.717) is 5.92 Å². The van der Waals surface area contributed by atoms with Crippen molar-refractivity contribution < 1.29 is 0 Å². The van der Waals surface area contributed by atoms with Crippen LogP contribution in [0.1, 0.15) is 149 Å². The Balaban J connectivity index is 2.51. The summed E-state index contributed by atoms with van der Waals surface area (Å²) in [4.78, 5) is 0. The van der Waals surface area contributed by atoms with Crippen LogP contribution in [0.4, 0.5) is 0 Å². The lowest BCUT2D eigenvalue weighted by Gasteiger charge is -2.28. The quantitative estimate of drug-likeness (QED) is 0.287. The van der Waals surface area contributed by atoms with E-state index >= 15 is 0 Å². The summed E-state index contributed by atoms with van der Waals surface area (Å²) in [7, 11) is 0. The van der Waals surface area contributed by atoms with E-state index in [1.807, 2.05) is 0 Å². The van der Waals surface area contributed by atoms with Gasteiger partial charge in [0, 0.05) is 5.92 Å². The van der Waals surface area contributed by atoms with Gasteiger partial charge in [-0.3, -0.25) is 0 Å². The van der Waals surface area contributed by atoms with Crippen molar-refractivity contribution in [2.45, 2.75) is 149 Å². The predicted octanol–water partition coefficient (Wildman–Crippen LogP) is 9.60. The summed E-state index contributed by atoms with van der Waals surface area (Å²) in [5, 5.41) is 9.35. The third kappa shape index (κ3) is 12.9.